The number of carboxylic acids is 1. The molecule has 2 amide bonds. The Morgan fingerprint density at radius 2 is 1.56 bits per heavy atom. The zero-order chi connectivity index (χ0) is 36.5. The van der Waals surface area contributed by atoms with Gasteiger partial charge < -0.3 is 25.2 Å². The molecule has 0 bridgehead atoms. The smallest absolute Gasteiger partial charge is 0.315 e. The van der Waals surface area contributed by atoms with Gasteiger partial charge in [0.25, 0.3) is 0 Å². The third kappa shape index (κ3) is 6.03. The monoisotopic (exact) mass is 697 g/mol. The van der Waals surface area contributed by atoms with Crippen LogP contribution in [0.5, 0.6) is 0 Å². The molecule has 0 aromatic carbocycles. The van der Waals surface area contributed by atoms with Crippen LogP contribution in [0, 0.1) is 62.6 Å². The summed E-state index contributed by atoms with van der Waals surface area (Å²) in [4.78, 5) is 38.4. The number of ether oxygens (including phenoxy) is 2. The number of carbonyl (C=O) groups is 3. The summed E-state index contributed by atoms with van der Waals surface area (Å²) in [6.07, 6.45) is 12.5. The summed E-state index contributed by atoms with van der Waals surface area (Å²) in [6.45, 7) is 24.6. The van der Waals surface area contributed by atoms with Crippen molar-refractivity contribution in [1.29, 1.82) is 0 Å². The fraction of sp³-hybridized carbons (Fsp3) is 0.881. The van der Waals surface area contributed by atoms with E-state index in [0.29, 0.717) is 35.5 Å². The molecule has 3 N–H and O–H groups in total. The van der Waals surface area contributed by atoms with Crippen LogP contribution in [0.25, 0.3) is 0 Å². The van der Waals surface area contributed by atoms with E-state index in [0.717, 1.165) is 84.0 Å². The zero-order valence-corrected chi connectivity index (χ0v) is 32.6. The Kier molecular flexibility index (Phi) is 9.86. The van der Waals surface area contributed by atoms with Gasteiger partial charge in [0, 0.05) is 30.7 Å². The first-order chi connectivity index (χ1) is 23.3. The zero-order valence-electron chi connectivity index (χ0n) is 32.6. The Balaban J connectivity index is 1.21. The van der Waals surface area contributed by atoms with E-state index in [-0.39, 0.29) is 45.8 Å². The second kappa shape index (κ2) is 13.1. The lowest BCUT2D eigenvalue weighted by molar-refractivity contribution is -0.246. The molecule has 1 heterocycles. The number of carboxylic acid groups (broad SMARTS) is 1. The third-order valence-electron chi connectivity index (χ3n) is 16.7. The molecule has 1 saturated heterocycles. The molecule has 10 atom stereocenters. The summed E-state index contributed by atoms with van der Waals surface area (Å²) in [5.74, 6) is 1.48. The van der Waals surface area contributed by atoms with Crippen molar-refractivity contribution >= 4 is 18.0 Å². The lowest BCUT2D eigenvalue weighted by Gasteiger charge is -2.73. The maximum absolute atomic E-state index is 13.6. The summed E-state index contributed by atoms with van der Waals surface area (Å²) >= 11 is 0. The molecule has 6 rings (SSSR count). The van der Waals surface area contributed by atoms with E-state index in [1.165, 1.54) is 18.4 Å². The molecular weight excluding hydrogens is 628 g/mol. The molecule has 50 heavy (non-hydrogen) atoms. The van der Waals surface area contributed by atoms with Crippen molar-refractivity contribution < 1.29 is 29.0 Å². The summed E-state index contributed by atoms with van der Waals surface area (Å²) in [7, 11) is 0. The molecule has 0 unspecified atom stereocenters. The number of rotatable bonds is 8. The van der Waals surface area contributed by atoms with Crippen LogP contribution < -0.4 is 10.6 Å². The van der Waals surface area contributed by atoms with Crippen molar-refractivity contribution in [2.45, 2.75) is 151 Å². The number of urea groups is 1. The maximum atomic E-state index is 13.6. The van der Waals surface area contributed by atoms with Crippen LogP contribution in [0.1, 0.15) is 139 Å². The fourth-order valence-corrected chi connectivity index (χ4v) is 13.6. The molecule has 5 aliphatic carbocycles. The number of fused-ring (bicyclic) bond motifs is 7. The molecule has 0 aromatic heterocycles. The Morgan fingerprint density at radius 1 is 0.860 bits per heavy atom. The van der Waals surface area contributed by atoms with Crippen molar-refractivity contribution in [3.63, 3.8) is 0 Å². The van der Waals surface area contributed by atoms with Gasteiger partial charge in [-0.1, -0.05) is 46.8 Å². The van der Waals surface area contributed by atoms with Gasteiger partial charge in [0.05, 0.1) is 11.8 Å². The second-order valence-electron chi connectivity index (χ2n) is 19.9. The third-order valence-corrected chi connectivity index (χ3v) is 16.7. The van der Waals surface area contributed by atoms with Gasteiger partial charge in [-0.2, -0.15) is 0 Å². The largest absolute Gasteiger partial charge is 0.481 e. The Bertz CT molecular complexity index is 1350. The van der Waals surface area contributed by atoms with Crippen LogP contribution in [-0.4, -0.2) is 54.5 Å². The SMILES string of the molecule is C=C(C)[C@@H]1CC[C@]2(NC(=O)NCC3CCOCC3)CC[C@]3(C)[C@H](CC[C@@H]4[C@@]5(C)CC[C@H](OC(=O)CC(C)(C)C(=O)O)C(C)(C)[C@@H]5CC[C@]43C)[C@@H]12. The van der Waals surface area contributed by atoms with E-state index in [1.807, 2.05) is 0 Å². The van der Waals surface area contributed by atoms with Gasteiger partial charge in [-0.05, 0) is 150 Å². The van der Waals surface area contributed by atoms with E-state index < -0.39 is 17.4 Å². The number of allylic oxidation sites excluding steroid dienone is 1. The van der Waals surface area contributed by atoms with Crippen LogP contribution in [0.2, 0.25) is 0 Å². The summed E-state index contributed by atoms with van der Waals surface area (Å²) in [5.41, 5.74) is 0.211. The summed E-state index contributed by atoms with van der Waals surface area (Å²) in [6, 6.07) is 0.00610. The summed E-state index contributed by atoms with van der Waals surface area (Å²) in [5, 5.41) is 16.5. The van der Waals surface area contributed by atoms with Crippen molar-refractivity contribution in [2.75, 3.05) is 19.8 Å². The summed E-state index contributed by atoms with van der Waals surface area (Å²) < 4.78 is 11.7. The first-order valence-electron chi connectivity index (χ1n) is 20.0. The molecule has 5 saturated carbocycles. The first kappa shape index (κ1) is 37.7. The molecule has 8 nitrogen and oxygen atoms in total. The number of hydrogen-bond donors (Lipinski definition) is 3. The predicted molar refractivity (Wildman–Crippen MR) is 195 cm³/mol. The molecule has 0 aromatic rings. The first-order valence-corrected chi connectivity index (χ1v) is 20.0. The van der Waals surface area contributed by atoms with Gasteiger partial charge in [-0.15, -0.1) is 0 Å². The fourth-order valence-electron chi connectivity index (χ4n) is 13.6. The van der Waals surface area contributed by atoms with Crippen LogP contribution in [0.3, 0.4) is 0 Å². The average Bonchev–Trinajstić information content (AvgIpc) is 3.41. The number of carbonyl (C=O) groups excluding carboxylic acids is 2. The minimum Gasteiger partial charge on any atom is -0.481 e. The van der Waals surface area contributed by atoms with E-state index in [1.54, 1.807) is 13.8 Å². The highest BCUT2D eigenvalue weighted by molar-refractivity contribution is 5.81. The average molecular weight is 697 g/mol. The lowest BCUT2D eigenvalue weighted by atomic mass is 9.32. The van der Waals surface area contributed by atoms with Gasteiger partial charge in [0.1, 0.15) is 6.10 Å². The number of nitrogens with one attached hydrogen (secondary N) is 2. The standard InChI is InChI=1S/C42H68N2O6/c1-26(2)28-12-19-42(44-36(48)43-25-27-15-22-49-23-16-27)21-20-40(8)29(34(28)42)10-11-31-39(7)17-14-32(50-33(45)24-37(3,4)35(46)47)38(5,6)30(39)13-18-41(31,40)9/h27-32,34H,1,10-25H2,2-9H3,(H,46,47)(H2,43,44,48)/t28-,29+,30-,31+,32-,34+,39-,40+,41+,42-/m0/s1. The Labute approximate surface area is 302 Å². The predicted octanol–water partition coefficient (Wildman–Crippen LogP) is 8.53. The lowest BCUT2D eigenvalue weighted by Crippen LogP contribution is -2.69. The quantitative estimate of drug-likeness (QED) is 0.173. The van der Waals surface area contributed by atoms with E-state index in [4.69, 9.17) is 9.47 Å². The minimum atomic E-state index is -1.14. The van der Waals surface area contributed by atoms with Crippen molar-refractivity contribution in [2.24, 2.45) is 62.6 Å². The number of hydrogen-bond acceptors (Lipinski definition) is 5. The highest BCUT2D eigenvalue weighted by Gasteiger charge is 2.71. The Morgan fingerprint density at radius 3 is 2.22 bits per heavy atom. The number of aliphatic carboxylic acids is 1. The molecule has 282 valence electrons. The Hall–Kier alpha value is -2.09. The molecule has 0 radical (unpaired) electrons. The van der Waals surface area contributed by atoms with Crippen LogP contribution in [-0.2, 0) is 19.1 Å². The normalized spacial score (nSPS) is 42.6. The molecule has 1 aliphatic heterocycles. The van der Waals surface area contributed by atoms with Gasteiger partial charge in [0.2, 0.25) is 0 Å². The van der Waals surface area contributed by atoms with Gasteiger partial charge in [0.15, 0.2) is 0 Å². The van der Waals surface area contributed by atoms with Gasteiger partial charge in [-0.3, -0.25) is 9.59 Å². The van der Waals surface area contributed by atoms with E-state index in [2.05, 4.69) is 58.8 Å². The number of amides is 2. The second-order valence-corrected chi connectivity index (χ2v) is 19.9. The van der Waals surface area contributed by atoms with Crippen molar-refractivity contribution in [3.8, 4) is 0 Å². The highest BCUT2D eigenvalue weighted by atomic mass is 16.5. The highest BCUT2D eigenvalue weighted by Crippen LogP contribution is 2.76. The number of esters is 1. The molecule has 0 spiro atoms. The van der Waals surface area contributed by atoms with E-state index in [9.17, 15) is 19.5 Å². The van der Waals surface area contributed by atoms with Crippen LogP contribution >= 0.6 is 0 Å². The maximum Gasteiger partial charge on any atom is 0.315 e. The van der Waals surface area contributed by atoms with Gasteiger partial charge >= 0.3 is 18.0 Å². The molecule has 6 aliphatic rings. The minimum absolute atomic E-state index is 0.00610. The van der Waals surface area contributed by atoms with Gasteiger partial charge in [-0.25, -0.2) is 4.79 Å². The van der Waals surface area contributed by atoms with E-state index >= 15 is 0 Å². The molecule has 6 fully saturated rings. The topological polar surface area (TPSA) is 114 Å². The molecule has 8 heteroatoms. The van der Waals surface area contributed by atoms with Crippen molar-refractivity contribution in [1.82, 2.24) is 10.6 Å². The van der Waals surface area contributed by atoms with Crippen molar-refractivity contribution in [3.05, 3.63) is 12.2 Å². The molecular formula is C42H68N2O6. The van der Waals surface area contributed by atoms with Crippen LogP contribution in [0.4, 0.5) is 4.79 Å². The van der Waals surface area contributed by atoms with Crippen LogP contribution in [0.15, 0.2) is 12.2 Å².